The molecule has 0 spiro atoms. The van der Waals surface area contributed by atoms with Crippen LogP contribution < -0.4 is 5.32 Å². The first-order chi connectivity index (χ1) is 15.6. The number of aryl methyl sites for hydroxylation is 1. The third-order valence-corrected chi connectivity index (χ3v) is 5.45. The Balaban J connectivity index is 1.50. The van der Waals surface area contributed by atoms with Crippen molar-refractivity contribution >= 4 is 23.5 Å². The van der Waals surface area contributed by atoms with Crippen LogP contribution in [0.25, 0.3) is 17.1 Å². The molecule has 4 rings (SSSR count). The Bertz CT molecular complexity index is 1250. The summed E-state index contributed by atoms with van der Waals surface area (Å²) < 4.78 is 17.5. The van der Waals surface area contributed by atoms with Gasteiger partial charge in [0.15, 0.2) is 11.0 Å². The predicted molar refractivity (Wildman–Crippen MR) is 121 cm³/mol. The summed E-state index contributed by atoms with van der Waals surface area (Å²) in [6.07, 6.45) is 5.11. The molecule has 0 atom stereocenters. The molecular formula is C22H20FN7OS. The van der Waals surface area contributed by atoms with Gasteiger partial charge in [-0.05, 0) is 31.2 Å². The number of benzene rings is 1. The highest BCUT2D eigenvalue weighted by Gasteiger charge is 2.17. The van der Waals surface area contributed by atoms with Gasteiger partial charge in [-0.25, -0.2) is 9.07 Å². The average molecular weight is 450 g/mol. The quantitative estimate of drug-likeness (QED) is 0.324. The van der Waals surface area contributed by atoms with Crippen LogP contribution >= 0.6 is 11.8 Å². The number of carbonyl (C=O) groups excluding carboxylic acids is 1. The number of para-hydroxylation sites is 1. The van der Waals surface area contributed by atoms with E-state index in [9.17, 15) is 9.18 Å². The van der Waals surface area contributed by atoms with E-state index in [2.05, 4.69) is 32.2 Å². The monoisotopic (exact) mass is 449 g/mol. The number of aromatic nitrogens is 6. The maximum atomic E-state index is 14.2. The summed E-state index contributed by atoms with van der Waals surface area (Å²) in [4.78, 5) is 16.7. The van der Waals surface area contributed by atoms with Crippen molar-refractivity contribution in [1.29, 1.82) is 0 Å². The van der Waals surface area contributed by atoms with Gasteiger partial charge in [-0.2, -0.15) is 5.10 Å². The van der Waals surface area contributed by atoms with Crippen molar-refractivity contribution in [2.75, 3.05) is 11.1 Å². The Morgan fingerprint density at radius 2 is 2.00 bits per heavy atom. The molecule has 162 valence electrons. The van der Waals surface area contributed by atoms with Crippen LogP contribution in [0.4, 0.5) is 10.2 Å². The molecule has 0 bridgehead atoms. The van der Waals surface area contributed by atoms with E-state index in [1.54, 1.807) is 49.7 Å². The number of amides is 1. The van der Waals surface area contributed by atoms with Gasteiger partial charge in [-0.1, -0.05) is 30.0 Å². The molecule has 0 unspecified atom stereocenters. The van der Waals surface area contributed by atoms with E-state index in [0.29, 0.717) is 29.0 Å². The highest BCUT2D eigenvalue weighted by Crippen LogP contribution is 2.24. The van der Waals surface area contributed by atoms with Gasteiger partial charge in [0, 0.05) is 30.6 Å². The van der Waals surface area contributed by atoms with Crippen molar-refractivity contribution in [3.05, 3.63) is 79.0 Å². The summed E-state index contributed by atoms with van der Waals surface area (Å²) in [6, 6.07) is 11.6. The van der Waals surface area contributed by atoms with E-state index in [-0.39, 0.29) is 17.3 Å². The minimum atomic E-state index is -0.429. The molecule has 1 N–H and O–H groups in total. The number of anilines is 1. The number of pyridine rings is 1. The Labute approximate surface area is 188 Å². The topological polar surface area (TPSA) is 90.5 Å². The first kappa shape index (κ1) is 21.4. The zero-order chi connectivity index (χ0) is 22.5. The van der Waals surface area contributed by atoms with Crippen LogP contribution in [-0.4, -0.2) is 41.2 Å². The number of thioether (sulfide) groups is 1. The Kier molecular flexibility index (Phi) is 6.41. The van der Waals surface area contributed by atoms with Gasteiger partial charge in [0.1, 0.15) is 17.3 Å². The molecule has 0 saturated heterocycles. The number of rotatable bonds is 8. The van der Waals surface area contributed by atoms with E-state index in [1.807, 2.05) is 16.7 Å². The van der Waals surface area contributed by atoms with Crippen LogP contribution in [0.2, 0.25) is 0 Å². The van der Waals surface area contributed by atoms with E-state index in [1.165, 1.54) is 22.5 Å². The van der Waals surface area contributed by atoms with E-state index < -0.39 is 5.82 Å². The van der Waals surface area contributed by atoms with Gasteiger partial charge in [-0.3, -0.25) is 14.3 Å². The summed E-state index contributed by atoms with van der Waals surface area (Å²) in [7, 11) is 0. The van der Waals surface area contributed by atoms with Crippen LogP contribution in [0.3, 0.4) is 0 Å². The van der Waals surface area contributed by atoms with Crippen molar-refractivity contribution < 1.29 is 9.18 Å². The molecule has 0 saturated carbocycles. The second-order valence-electron chi connectivity index (χ2n) is 6.81. The number of nitrogens with one attached hydrogen (secondary N) is 1. The summed E-state index contributed by atoms with van der Waals surface area (Å²) >= 11 is 1.25. The molecule has 0 aliphatic heterocycles. The third kappa shape index (κ3) is 4.59. The van der Waals surface area contributed by atoms with Gasteiger partial charge in [-0.15, -0.1) is 16.8 Å². The summed E-state index contributed by atoms with van der Waals surface area (Å²) in [5.41, 5.74) is 1.79. The molecule has 3 heterocycles. The van der Waals surface area contributed by atoms with Gasteiger partial charge in [0.05, 0.1) is 11.4 Å². The van der Waals surface area contributed by atoms with Crippen LogP contribution in [0.15, 0.2) is 72.7 Å². The van der Waals surface area contributed by atoms with Gasteiger partial charge in [0.2, 0.25) is 5.91 Å². The van der Waals surface area contributed by atoms with Gasteiger partial charge >= 0.3 is 0 Å². The highest BCUT2D eigenvalue weighted by atomic mass is 32.2. The number of nitrogens with zero attached hydrogens (tertiary/aromatic N) is 6. The number of carbonyl (C=O) groups is 1. The fourth-order valence-corrected chi connectivity index (χ4v) is 3.86. The van der Waals surface area contributed by atoms with Crippen LogP contribution in [0, 0.1) is 12.7 Å². The molecule has 0 radical (unpaired) electrons. The number of halogens is 1. The number of hydrogen-bond donors (Lipinski definition) is 1. The molecule has 10 heteroatoms. The Morgan fingerprint density at radius 3 is 2.75 bits per heavy atom. The van der Waals surface area contributed by atoms with Gasteiger partial charge in [0.25, 0.3) is 0 Å². The molecule has 8 nitrogen and oxygen atoms in total. The average Bonchev–Trinajstić information content (AvgIpc) is 3.36. The smallest absolute Gasteiger partial charge is 0.236 e. The van der Waals surface area contributed by atoms with Crippen molar-refractivity contribution in [2.45, 2.75) is 18.6 Å². The SMILES string of the molecule is C=CCn1c(SCC(=O)Nc2cc(C)nn2-c2ccccc2F)nnc1-c1ccncc1. The molecular weight excluding hydrogens is 429 g/mol. The molecule has 0 aliphatic carbocycles. The van der Waals surface area contributed by atoms with Crippen LogP contribution in [0.5, 0.6) is 0 Å². The van der Waals surface area contributed by atoms with Crippen molar-refractivity contribution in [1.82, 2.24) is 29.5 Å². The lowest BCUT2D eigenvalue weighted by Gasteiger charge is -2.10. The summed E-state index contributed by atoms with van der Waals surface area (Å²) in [5, 5.41) is 16.2. The van der Waals surface area contributed by atoms with Crippen molar-refractivity contribution in [3.8, 4) is 17.1 Å². The molecule has 1 amide bonds. The Morgan fingerprint density at radius 1 is 1.22 bits per heavy atom. The molecule has 0 fully saturated rings. The van der Waals surface area contributed by atoms with E-state index in [4.69, 9.17) is 0 Å². The highest BCUT2D eigenvalue weighted by molar-refractivity contribution is 7.99. The molecule has 32 heavy (non-hydrogen) atoms. The predicted octanol–water partition coefficient (Wildman–Crippen LogP) is 3.89. The normalized spacial score (nSPS) is 10.8. The van der Waals surface area contributed by atoms with Crippen molar-refractivity contribution in [2.24, 2.45) is 0 Å². The van der Waals surface area contributed by atoms with Crippen LogP contribution in [0.1, 0.15) is 5.69 Å². The fourth-order valence-electron chi connectivity index (χ4n) is 3.11. The first-order valence-corrected chi connectivity index (χ1v) is 10.7. The van der Waals surface area contributed by atoms with E-state index >= 15 is 0 Å². The number of allylic oxidation sites excluding steroid dienone is 1. The lowest BCUT2D eigenvalue weighted by molar-refractivity contribution is -0.113. The standard InChI is InChI=1S/C22H20FN7OS/c1-3-12-29-21(16-8-10-24-11-9-16)26-27-22(29)32-14-20(31)25-19-13-15(2)28-30(19)18-7-5-4-6-17(18)23/h3-11,13H,1,12,14H2,2H3,(H,25,31). The second-order valence-corrected chi connectivity index (χ2v) is 7.75. The van der Waals surface area contributed by atoms with E-state index in [0.717, 1.165) is 5.56 Å². The lowest BCUT2D eigenvalue weighted by Crippen LogP contribution is -2.17. The Hall–Kier alpha value is -3.79. The summed E-state index contributed by atoms with van der Waals surface area (Å²) in [5.74, 6) is 0.451. The minimum absolute atomic E-state index is 0.0904. The molecule has 0 aliphatic rings. The summed E-state index contributed by atoms with van der Waals surface area (Å²) in [6.45, 7) is 6.06. The van der Waals surface area contributed by atoms with Gasteiger partial charge < -0.3 is 5.32 Å². The molecule has 4 aromatic rings. The minimum Gasteiger partial charge on any atom is -0.310 e. The lowest BCUT2D eigenvalue weighted by atomic mass is 10.2. The molecule has 1 aromatic carbocycles. The van der Waals surface area contributed by atoms with Crippen LogP contribution in [-0.2, 0) is 11.3 Å². The zero-order valence-corrected chi connectivity index (χ0v) is 18.1. The third-order valence-electron chi connectivity index (χ3n) is 4.48. The largest absolute Gasteiger partial charge is 0.310 e. The first-order valence-electron chi connectivity index (χ1n) is 9.75. The zero-order valence-electron chi connectivity index (χ0n) is 17.3. The fraction of sp³-hybridized carbons (Fsp3) is 0.136. The second kappa shape index (κ2) is 9.56. The maximum absolute atomic E-state index is 14.2. The number of hydrogen-bond acceptors (Lipinski definition) is 6. The van der Waals surface area contributed by atoms with Crippen molar-refractivity contribution in [3.63, 3.8) is 0 Å². The maximum Gasteiger partial charge on any atom is 0.236 e. The molecule has 3 aromatic heterocycles.